The molecule has 114 valence electrons. The second kappa shape index (κ2) is 5.59. The lowest BCUT2D eigenvalue weighted by Crippen LogP contribution is -2.44. The average Bonchev–Trinajstić information content (AvgIpc) is 3.03. The second-order valence-corrected chi connectivity index (χ2v) is 5.28. The summed E-state index contributed by atoms with van der Waals surface area (Å²) in [6.45, 7) is 2.94. The zero-order valence-corrected chi connectivity index (χ0v) is 11.7. The fourth-order valence-electron chi connectivity index (χ4n) is 2.76. The van der Waals surface area contributed by atoms with Crippen LogP contribution in [0.15, 0.2) is 23.1 Å². The van der Waals surface area contributed by atoms with Gasteiger partial charge in [-0.05, 0) is 13.0 Å². The van der Waals surface area contributed by atoms with Crippen molar-refractivity contribution in [2.45, 2.75) is 37.8 Å². The summed E-state index contributed by atoms with van der Waals surface area (Å²) < 4.78 is 12.4. The molecule has 0 saturated carbocycles. The lowest BCUT2D eigenvalue weighted by Gasteiger charge is -2.17. The maximum Gasteiger partial charge on any atom is 0.251 e. The molecule has 0 spiro atoms. The Morgan fingerprint density at radius 2 is 2.19 bits per heavy atom. The number of aliphatic hydroxyl groups is 1. The van der Waals surface area contributed by atoms with E-state index in [1.165, 1.54) is 10.6 Å². The van der Waals surface area contributed by atoms with Gasteiger partial charge >= 0.3 is 0 Å². The van der Waals surface area contributed by atoms with Crippen molar-refractivity contribution in [1.29, 1.82) is 0 Å². The van der Waals surface area contributed by atoms with Gasteiger partial charge in [0.15, 0.2) is 0 Å². The number of nitrogens with one attached hydrogen (secondary N) is 1. The molecule has 1 amide bonds. The molecule has 3 heterocycles. The zero-order chi connectivity index (χ0) is 15.0. The Labute approximate surface area is 121 Å². The van der Waals surface area contributed by atoms with Gasteiger partial charge in [-0.25, -0.2) is 0 Å². The van der Waals surface area contributed by atoms with Crippen LogP contribution in [0.2, 0.25) is 0 Å². The molecule has 0 bridgehead atoms. The fourth-order valence-corrected chi connectivity index (χ4v) is 2.76. The van der Waals surface area contributed by atoms with Gasteiger partial charge < -0.3 is 24.5 Å². The molecule has 2 N–H and O–H groups in total. The summed E-state index contributed by atoms with van der Waals surface area (Å²) in [6.07, 6.45) is 0.231. The topological polar surface area (TPSA) is 89.8 Å². The van der Waals surface area contributed by atoms with Crippen molar-refractivity contribution < 1.29 is 19.4 Å². The summed E-state index contributed by atoms with van der Waals surface area (Å²) >= 11 is 0. The Morgan fingerprint density at radius 3 is 2.90 bits per heavy atom. The van der Waals surface area contributed by atoms with Crippen molar-refractivity contribution in [2.75, 3.05) is 13.2 Å². The van der Waals surface area contributed by atoms with Gasteiger partial charge in [0, 0.05) is 24.4 Å². The van der Waals surface area contributed by atoms with Crippen LogP contribution in [0.5, 0.6) is 0 Å². The molecule has 2 fully saturated rings. The Kier molecular flexibility index (Phi) is 3.79. The van der Waals surface area contributed by atoms with Crippen LogP contribution in [0, 0.1) is 0 Å². The number of fused-ring (bicyclic) bond motifs is 1. The molecule has 1 aromatic heterocycles. The average molecular weight is 294 g/mol. The van der Waals surface area contributed by atoms with E-state index in [9.17, 15) is 14.7 Å². The van der Waals surface area contributed by atoms with E-state index in [0.29, 0.717) is 18.7 Å². The molecule has 2 saturated heterocycles. The van der Waals surface area contributed by atoms with Crippen molar-refractivity contribution >= 4 is 5.91 Å². The Balaban J connectivity index is 1.69. The summed E-state index contributed by atoms with van der Waals surface area (Å²) in [6, 6.07) is 2.61. The first kappa shape index (κ1) is 14.2. The maximum atomic E-state index is 12.2. The van der Waals surface area contributed by atoms with E-state index in [1.54, 1.807) is 12.3 Å². The predicted molar refractivity (Wildman–Crippen MR) is 73.1 cm³/mol. The highest BCUT2D eigenvalue weighted by atomic mass is 16.6. The third kappa shape index (κ3) is 2.59. The molecule has 4 atom stereocenters. The first-order chi connectivity index (χ1) is 10.1. The number of pyridine rings is 1. The lowest BCUT2D eigenvalue weighted by molar-refractivity contribution is 0.0178. The standard InChI is InChI=1S/C14H18N2O5/c1-2-16-4-3-8(5-11(16)18)14(19)15-9-6-20-13-10(17)7-21-12(9)13/h3-5,9-10,12-13,17H,2,6-7H2,1H3,(H,15,19)/t9-,10-,12-,13-/m1/s1. The monoisotopic (exact) mass is 294 g/mol. The summed E-state index contributed by atoms with van der Waals surface area (Å²) in [4.78, 5) is 23.9. The highest BCUT2D eigenvalue weighted by Crippen LogP contribution is 2.27. The predicted octanol–water partition coefficient (Wildman–Crippen LogP) is -0.875. The number of rotatable bonds is 3. The second-order valence-electron chi connectivity index (χ2n) is 5.28. The number of hydrogen-bond acceptors (Lipinski definition) is 5. The normalized spacial score (nSPS) is 31.1. The summed E-state index contributed by atoms with van der Waals surface area (Å²) in [5, 5.41) is 12.5. The van der Waals surface area contributed by atoms with E-state index < -0.39 is 6.10 Å². The largest absolute Gasteiger partial charge is 0.388 e. The molecule has 2 aliphatic rings. The number of carbonyl (C=O) groups is 1. The molecular formula is C14H18N2O5. The van der Waals surface area contributed by atoms with E-state index in [4.69, 9.17) is 9.47 Å². The molecule has 3 rings (SSSR count). The number of aryl methyl sites for hydroxylation is 1. The van der Waals surface area contributed by atoms with Crippen LogP contribution in [0.3, 0.4) is 0 Å². The van der Waals surface area contributed by atoms with Gasteiger partial charge in [-0.3, -0.25) is 9.59 Å². The van der Waals surface area contributed by atoms with Crippen molar-refractivity contribution in [3.05, 3.63) is 34.2 Å². The molecule has 7 heteroatoms. The lowest BCUT2D eigenvalue weighted by atomic mass is 10.1. The molecule has 0 aromatic carbocycles. The Bertz CT molecular complexity index is 599. The van der Waals surface area contributed by atoms with Gasteiger partial charge in [-0.15, -0.1) is 0 Å². The first-order valence-corrected chi connectivity index (χ1v) is 7.02. The van der Waals surface area contributed by atoms with Gasteiger partial charge in [-0.1, -0.05) is 0 Å². The number of ether oxygens (including phenoxy) is 2. The number of carbonyl (C=O) groups excluding carboxylic acids is 1. The number of nitrogens with zero attached hydrogens (tertiary/aromatic N) is 1. The van der Waals surface area contributed by atoms with Gasteiger partial charge in [0.25, 0.3) is 11.5 Å². The highest BCUT2D eigenvalue weighted by molar-refractivity contribution is 5.94. The van der Waals surface area contributed by atoms with Crippen molar-refractivity contribution in [3.8, 4) is 0 Å². The summed E-state index contributed by atoms with van der Waals surface area (Å²) in [7, 11) is 0. The smallest absolute Gasteiger partial charge is 0.251 e. The molecule has 0 aliphatic carbocycles. The van der Waals surface area contributed by atoms with Gasteiger partial charge in [0.2, 0.25) is 0 Å². The molecule has 2 aliphatic heterocycles. The van der Waals surface area contributed by atoms with Crippen LogP contribution < -0.4 is 10.9 Å². The Morgan fingerprint density at radius 1 is 1.43 bits per heavy atom. The van der Waals surface area contributed by atoms with Gasteiger partial charge in [0.1, 0.15) is 18.3 Å². The number of hydrogen-bond donors (Lipinski definition) is 2. The van der Waals surface area contributed by atoms with E-state index in [0.717, 1.165) is 0 Å². The Hall–Kier alpha value is -1.70. The van der Waals surface area contributed by atoms with E-state index in [-0.39, 0.29) is 36.3 Å². The third-order valence-corrected chi connectivity index (χ3v) is 3.94. The number of aromatic nitrogens is 1. The molecule has 0 unspecified atom stereocenters. The third-order valence-electron chi connectivity index (χ3n) is 3.94. The van der Waals surface area contributed by atoms with Crippen LogP contribution in [0.4, 0.5) is 0 Å². The van der Waals surface area contributed by atoms with Crippen molar-refractivity contribution in [3.63, 3.8) is 0 Å². The molecule has 7 nitrogen and oxygen atoms in total. The highest BCUT2D eigenvalue weighted by Gasteiger charge is 2.47. The molecule has 0 radical (unpaired) electrons. The van der Waals surface area contributed by atoms with Crippen molar-refractivity contribution in [1.82, 2.24) is 9.88 Å². The molecule has 21 heavy (non-hydrogen) atoms. The van der Waals surface area contributed by atoms with Gasteiger partial charge in [0.05, 0.1) is 19.3 Å². The van der Waals surface area contributed by atoms with Crippen LogP contribution in [0.1, 0.15) is 17.3 Å². The van der Waals surface area contributed by atoms with E-state index in [2.05, 4.69) is 5.32 Å². The zero-order valence-electron chi connectivity index (χ0n) is 11.7. The van der Waals surface area contributed by atoms with Crippen molar-refractivity contribution in [2.24, 2.45) is 0 Å². The minimum atomic E-state index is -0.648. The van der Waals surface area contributed by atoms with Crippen LogP contribution >= 0.6 is 0 Å². The first-order valence-electron chi connectivity index (χ1n) is 7.02. The minimum absolute atomic E-state index is 0.210. The maximum absolute atomic E-state index is 12.2. The van der Waals surface area contributed by atoms with Crippen LogP contribution in [-0.2, 0) is 16.0 Å². The number of amides is 1. The summed E-state index contributed by atoms with van der Waals surface area (Å²) in [5.41, 5.74) is 0.102. The van der Waals surface area contributed by atoms with E-state index >= 15 is 0 Å². The van der Waals surface area contributed by atoms with Crippen LogP contribution in [0.25, 0.3) is 0 Å². The quantitative estimate of drug-likeness (QED) is 0.756. The van der Waals surface area contributed by atoms with Crippen LogP contribution in [-0.4, -0.2) is 53.1 Å². The van der Waals surface area contributed by atoms with E-state index in [1.807, 2.05) is 6.92 Å². The summed E-state index contributed by atoms with van der Waals surface area (Å²) in [5.74, 6) is -0.338. The SMILES string of the molecule is CCn1ccc(C(=O)N[C@@H]2CO[C@H]3[C@@H]2OC[C@H]3O)cc1=O. The minimum Gasteiger partial charge on any atom is -0.388 e. The number of aliphatic hydroxyl groups excluding tert-OH is 1. The van der Waals surface area contributed by atoms with Gasteiger partial charge in [-0.2, -0.15) is 0 Å². The molecular weight excluding hydrogens is 276 g/mol. The fraction of sp³-hybridized carbons (Fsp3) is 0.571. The molecule has 1 aromatic rings.